The summed E-state index contributed by atoms with van der Waals surface area (Å²) < 4.78 is 39.2. The summed E-state index contributed by atoms with van der Waals surface area (Å²) in [5, 5.41) is 14.5. The van der Waals surface area contributed by atoms with E-state index in [9.17, 15) is 24.3 Å². The summed E-state index contributed by atoms with van der Waals surface area (Å²) in [6.07, 6.45) is 1.62. The molecule has 4 amide bonds. The number of aromatic nitrogens is 4. The van der Waals surface area contributed by atoms with Gasteiger partial charge in [-0.1, -0.05) is 72.7 Å². The Morgan fingerprint density at radius 3 is 1.82 bits per heavy atom. The number of carbonyl (C=O) groups excluding carboxylic acids is 3. The van der Waals surface area contributed by atoms with Crippen molar-refractivity contribution >= 4 is 51.8 Å². The van der Waals surface area contributed by atoms with Gasteiger partial charge in [-0.15, -0.1) is 0 Å². The molecule has 0 bridgehead atoms. The Hall–Kier alpha value is -6.26. The van der Waals surface area contributed by atoms with Crippen molar-refractivity contribution in [2.45, 2.75) is 129 Å². The zero-order valence-corrected chi connectivity index (χ0v) is 38.9. The predicted molar refractivity (Wildman–Crippen MR) is 246 cm³/mol. The number of hydrogen-bond donors (Lipinski definition) is 5. The molecular formula is C49H61F2N9O6. The highest BCUT2D eigenvalue weighted by atomic mass is 19.1. The number of anilines is 1. The van der Waals surface area contributed by atoms with Crippen LogP contribution in [0.25, 0.3) is 22.1 Å². The minimum Gasteiger partial charge on any atom is -0.465 e. The van der Waals surface area contributed by atoms with Crippen molar-refractivity contribution in [1.82, 2.24) is 40.4 Å². The Morgan fingerprint density at radius 2 is 1.27 bits per heavy atom. The Balaban J connectivity index is 1.13. The Labute approximate surface area is 383 Å². The highest BCUT2D eigenvalue weighted by Crippen LogP contribution is 2.49. The predicted octanol–water partition coefficient (Wildman–Crippen LogP) is 9.10. The molecule has 5 aromatic rings. The van der Waals surface area contributed by atoms with Crippen LogP contribution in [-0.4, -0.2) is 91.1 Å². The van der Waals surface area contributed by atoms with Gasteiger partial charge in [-0.25, -0.2) is 28.3 Å². The van der Waals surface area contributed by atoms with Gasteiger partial charge in [0.05, 0.1) is 42.3 Å². The molecule has 0 unspecified atom stereocenters. The van der Waals surface area contributed by atoms with Crippen LogP contribution in [-0.2, 0) is 19.7 Å². The monoisotopic (exact) mass is 909 g/mol. The van der Waals surface area contributed by atoms with Gasteiger partial charge in [-0.3, -0.25) is 9.59 Å². The van der Waals surface area contributed by atoms with E-state index in [1.54, 1.807) is 47.9 Å². The van der Waals surface area contributed by atoms with E-state index in [2.05, 4.69) is 58.4 Å². The van der Waals surface area contributed by atoms with Crippen LogP contribution in [0.1, 0.15) is 139 Å². The molecule has 3 fully saturated rings. The number of ether oxygens (including phenoxy) is 1. The molecule has 8 rings (SSSR count). The van der Waals surface area contributed by atoms with E-state index in [-0.39, 0.29) is 40.1 Å². The first-order valence-corrected chi connectivity index (χ1v) is 23.1. The molecule has 5 heterocycles. The molecule has 352 valence electrons. The van der Waals surface area contributed by atoms with Gasteiger partial charge in [-0.2, -0.15) is 0 Å². The number of amides is 4. The molecule has 3 saturated heterocycles. The van der Waals surface area contributed by atoms with Crippen molar-refractivity contribution in [2.75, 3.05) is 25.1 Å². The molecular weight excluding hydrogens is 849 g/mol. The molecule has 0 radical (unpaired) electrons. The van der Waals surface area contributed by atoms with E-state index in [4.69, 9.17) is 14.7 Å². The van der Waals surface area contributed by atoms with Crippen LogP contribution < -0.4 is 15.5 Å². The lowest BCUT2D eigenvalue weighted by Gasteiger charge is -2.34. The zero-order chi connectivity index (χ0) is 47.4. The molecule has 0 aliphatic carbocycles. The minimum atomic E-state index is -1.28. The van der Waals surface area contributed by atoms with Gasteiger partial charge in [0, 0.05) is 29.9 Å². The fraction of sp³-hybridized carbons (Fsp3) is 0.510. The smallest absolute Gasteiger partial charge is 0.407 e. The molecule has 3 aromatic carbocycles. The summed E-state index contributed by atoms with van der Waals surface area (Å²) in [4.78, 5) is 72.8. The molecule has 6 atom stereocenters. The second kappa shape index (κ2) is 18.2. The first kappa shape index (κ1) is 46.3. The van der Waals surface area contributed by atoms with Crippen molar-refractivity contribution in [3.63, 3.8) is 0 Å². The number of hydrogen-bond acceptors (Lipinski definition) is 8. The number of carboxylic acid groups (broad SMARTS) is 1. The number of H-pyrrole nitrogens is 2. The number of likely N-dealkylation sites (tertiary alicyclic amines) is 2. The van der Waals surface area contributed by atoms with E-state index in [0.717, 1.165) is 11.3 Å². The lowest BCUT2D eigenvalue weighted by Crippen LogP contribution is -2.51. The molecule has 3 aliphatic heterocycles. The topological polar surface area (TPSA) is 189 Å². The van der Waals surface area contributed by atoms with E-state index < -0.39 is 60.1 Å². The van der Waals surface area contributed by atoms with E-state index in [1.165, 1.54) is 7.11 Å². The van der Waals surface area contributed by atoms with Gasteiger partial charge in [0.15, 0.2) is 11.6 Å². The van der Waals surface area contributed by atoms with Crippen LogP contribution in [0.2, 0.25) is 0 Å². The molecule has 0 spiro atoms. The van der Waals surface area contributed by atoms with Gasteiger partial charge >= 0.3 is 12.2 Å². The van der Waals surface area contributed by atoms with Crippen molar-refractivity contribution in [3.05, 3.63) is 88.5 Å². The van der Waals surface area contributed by atoms with Crippen LogP contribution in [0.15, 0.2) is 48.5 Å². The number of aromatic amines is 2. The van der Waals surface area contributed by atoms with Gasteiger partial charge < -0.3 is 45.1 Å². The third kappa shape index (κ3) is 8.63. The Morgan fingerprint density at radius 1 is 0.727 bits per heavy atom. The summed E-state index contributed by atoms with van der Waals surface area (Å²) in [6, 6.07) is 11.5. The van der Waals surface area contributed by atoms with E-state index in [1.807, 2.05) is 26.0 Å². The summed E-state index contributed by atoms with van der Waals surface area (Å²) in [5.41, 5.74) is 3.87. The molecule has 5 N–H and O–H groups in total. The quantitative estimate of drug-likeness (QED) is 0.0861. The normalized spacial score (nSPS) is 21.1. The third-order valence-electron chi connectivity index (χ3n) is 13.7. The standard InChI is InChI=1S/C49H61F2N9O6/c1-25(2)39(56-47(63)64)45(61)58-23-9-11-35(58)43-52-31-19-17-29(37(50)41(31)54-43)33-21-22-34(60(33)28-15-13-27(14-16-28)49(5,6)7)30-18-20-32-42(38(30)51)55-44(53-32)36-12-10-24-59(36)46(62)40(26(3)4)57-48(65)66-8/h13-20,25-26,33-36,39-40,56H,9-12,21-24H2,1-8H3,(H,52,54)(H,53,55)(H,57,65)(H,63,64)/t33-,34+,35+,36+,39+,40+/m1/s1. The van der Waals surface area contributed by atoms with Crippen LogP contribution in [0.4, 0.5) is 24.1 Å². The zero-order valence-electron chi connectivity index (χ0n) is 38.9. The highest BCUT2D eigenvalue weighted by molar-refractivity contribution is 5.87. The van der Waals surface area contributed by atoms with Gasteiger partial charge in [-0.05, 0) is 85.6 Å². The minimum absolute atomic E-state index is 0.123. The number of benzene rings is 3. The molecule has 17 heteroatoms. The number of nitrogens with one attached hydrogen (secondary N) is 4. The van der Waals surface area contributed by atoms with Crippen LogP contribution in [0.3, 0.4) is 0 Å². The summed E-state index contributed by atoms with van der Waals surface area (Å²) >= 11 is 0. The lowest BCUT2D eigenvalue weighted by molar-refractivity contribution is -0.136. The Kier molecular flexibility index (Phi) is 12.8. The van der Waals surface area contributed by atoms with E-state index in [0.29, 0.717) is 85.4 Å². The fourth-order valence-corrected chi connectivity index (χ4v) is 10.2. The summed E-state index contributed by atoms with van der Waals surface area (Å²) in [5.74, 6) is -1.20. The third-order valence-corrected chi connectivity index (χ3v) is 13.7. The van der Waals surface area contributed by atoms with Crippen molar-refractivity contribution in [3.8, 4) is 0 Å². The Bertz CT molecular complexity index is 2640. The average Bonchev–Trinajstić information content (AvgIpc) is 4.13. The highest BCUT2D eigenvalue weighted by Gasteiger charge is 2.42. The van der Waals surface area contributed by atoms with Crippen molar-refractivity contribution in [2.24, 2.45) is 11.8 Å². The number of fused-ring (bicyclic) bond motifs is 2. The number of rotatable bonds is 11. The number of halogens is 2. The number of carbonyl (C=O) groups is 4. The first-order chi connectivity index (χ1) is 31.4. The van der Waals surface area contributed by atoms with Crippen molar-refractivity contribution < 1.29 is 37.8 Å². The molecule has 0 saturated carbocycles. The molecule has 15 nitrogen and oxygen atoms in total. The summed E-state index contributed by atoms with van der Waals surface area (Å²) in [6.45, 7) is 14.5. The second-order valence-electron chi connectivity index (χ2n) is 19.7. The number of nitrogens with zero attached hydrogens (tertiary/aromatic N) is 5. The maximum Gasteiger partial charge on any atom is 0.407 e. The first-order valence-electron chi connectivity index (χ1n) is 23.1. The number of methoxy groups -OCH3 is 1. The number of imidazole rings is 2. The van der Waals surface area contributed by atoms with Crippen molar-refractivity contribution in [1.29, 1.82) is 0 Å². The lowest BCUT2D eigenvalue weighted by atomic mass is 9.87. The maximum atomic E-state index is 17.2. The number of alkyl carbamates (subject to hydrolysis) is 1. The van der Waals surface area contributed by atoms with Gasteiger partial charge in [0.1, 0.15) is 34.8 Å². The largest absolute Gasteiger partial charge is 0.465 e. The SMILES string of the molecule is COC(=O)N[C@H](C(=O)N1CCC[C@H]1c1nc2ccc([C@@H]3CC[C@H](c4ccc5[nH]c([C@@H]6CCCN6C(=O)[C@@H](NC(=O)O)C(C)C)nc5c4F)N3c3ccc(C(C)(C)C)cc3)c(F)c2[nH]1)C(C)C. The van der Waals surface area contributed by atoms with Gasteiger partial charge in [0.25, 0.3) is 0 Å². The van der Waals surface area contributed by atoms with Crippen LogP contribution >= 0.6 is 0 Å². The fourth-order valence-electron chi connectivity index (χ4n) is 10.2. The van der Waals surface area contributed by atoms with E-state index >= 15 is 8.78 Å². The summed E-state index contributed by atoms with van der Waals surface area (Å²) in [7, 11) is 1.25. The average molecular weight is 910 g/mol. The second-order valence-corrected chi connectivity index (χ2v) is 19.7. The molecule has 2 aromatic heterocycles. The molecule has 66 heavy (non-hydrogen) atoms. The van der Waals surface area contributed by atoms with Crippen LogP contribution in [0, 0.1) is 23.5 Å². The molecule has 3 aliphatic rings. The van der Waals surface area contributed by atoms with Gasteiger partial charge in [0.2, 0.25) is 11.8 Å². The van der Waals surface area contributed by atoms with Crippen LogP contribution in [0.5, 0.6) is 0 Å². The maximum absolute atomic E-state index is 17.2.